The van der Waals surface area contributed by atoms with E-state index < -0.39 is 0 Å². The zero-order valence-electron chi connectivity index (χ0n) is 9.77. The van der Waals surface area contributed by atoms with E-state index in [1.165, 1.54) is 14.7 Å². The van der Waals surface area contributed by atoms with Crippen LogP contribution in [0.4, 0.5) is 0 Å². The average molecular weight is 208 g/mol. The van der Waals surface area contributed by atoms with E-state index in [-0.39, 0.29) is 0 Å². The molecule has 14 heavy (non-hydrogen) atoms. The van der Waals surface area contributed by atoms with Gasteiger partial charge in [-0.15, -0.1) is 8.58 Å². The molecule has 0 bridgehead atoms. The van der Waals surface area contributed by atoms with E-state index in [1.54, 1.807) is 25.7 Å². The van der Waals surface area contributed by atoms with Gasteiger partial charge in [-0.2, -0.15) is 0 Å². The van der Waals surface area contributed by atoms with Crippen LogP contribution in [0.25, 0.3) is 0 Å². The molecule has 3 aliphatic rings. The minimum Gasteiger partial charge on any atom is -0.125 e. The summed E-state index contributed by atoms with van der Waals surface area (Å²) < 4.78 is 0. The highest BCUT2D eigenvalue weighted by molar-refractivity contribution is 7.36. The van der Waals surface area contributed by atoms with Crippen LogP contribution in [0.1, 0.15) is 32.6 Å². The van der Waals surface area contributed by atoms with Crippen LogP contribution in [0.15, 0.2) is 0 Å². The van der Waals surface area contributed by atoms with E-state index >= 15 is 0 Å². The van der Waals surface area contributed by atoms with Crippen molar-refractivity contribution in [2.24, 2.45) is 22.7 Å². The summed E-state index contributed by atoms with van der Waals surface area (Å²) in [7, 11) is 3.69. The molecule has 3 saturated carbocycles. The minimum absolute atomic E-state index is 0.812. The van der Waals surface area contributed by atoms with Crippen LogP contribution < -0.4 is 0 Å². The van der Waals surface area contributed by atoms with Gasteiger partial charge >= 0.3 is 0 Å². The molecule has 0 N–H and O–H groups in total. The van der Waals surface area contributed by atoms with Gasteiger partial charge in [-0.1, -0.05) is 19.2 Å². The van der Waals surface area contributed by atoms with Gasteiger partial charge in [-0.05, 0) is 54.8 Å². The lowest BCUT2D eigenvalue weighted by Gasteiger charge is -2.69. The molecule has 3 fully saturated rings. The molecule has 6 unspecified atom stereocenters. The molecular formula is C12H22BP. The molecule has 0 saturated heterocycles. The van der Waals surface area contributed by atoms with Crippen molar-refractivity contribution >= 4 is 16.4 Å². The van der Waals surface area contributed by atoms with E-state index in [9.17, 15) is 0 Å². The first-order chi connectivity index (χ1) is 6.61. The zero-order valence-corrected chi connectivity index (χ0v) is 10.8. The van der Waals surface area contributed by atoms with Crippen molar-refractivity contribution in [3.8, 4) is 0 Å². The highest BCUT2D eigenvalue weighted by atomic mass is 31.1. The quantitative estimate of drug-likeness (QED) is 0.493. The topological polar surface area (TPSA) is 0 Å². The first kappa shape index (κ1) is 9.70. The third-order valence-electron chi connectivity index (χ3n) is 5.63. The van der Waals surface area contributed by atoms with Crippen molar-refractivity contribution in [1.29, 1.82) is 0 Å². The molecular weight excluding hydrogens is 186 g/mol. The Morgan fingerprint density at radius 3 is 2.86 bits per heavy atom. The summed E-state index contributed by atoms with van der Waals surface area (Å²) in [5.41, 5.74) is 1.66. The molecule has 3 aliphatic carbocycles. The molecule has 3 rings (SSSR count). The molecule has 0 aromatic rings. The highest BCUT2D eigenvalue weighted by Crippen LogP contribution is 2.82. The molecule has 0 aliphatic heterocycles. The maximum Gasteiger partial charge on any atom is 0.105 e. The number of hydrogen-bond donors (Lipinski definition) is 0. The van der Waals surface area contributed by atoms with Gasteiger partial charge in [0.1, 0.15) is 7.85 Å². The van der Waals surface area contributed by atoms with E-state index in [0.29, 0.717) is 0 Å². The molecule has 0 heterocycles. The lowest BCUT2D eigenvalue weighted by atomic mass is 9.36. The third kappa shape index (κ3) is 0.959. The molecule has 0 nitrogen and oxygen atoms in total. The highest BCUT2D eigenvalue weighted by Gasteiger charge is 2.73. The zero-order chi connectivity index (χ0) is 9.97. The Labute approximate surface area is 90.8 Å². The van der Waals surface area contributed by atoms with E-state index in [2.05, 4.69) is 21.4 Å². The second-order valence-corrected chi connectivity index (χ2v) is 7.78. The normalized spacial score (nSPS) is 59.7. The predicted molar refractivity (Wildman–Crippen MR) is 67.4 cm³/mol. The van der Waals surface area contributed by atoms with Gasteiger partial charge in [-0.25, -0.2) is 0 Å². The van der Waals surface area contributed by atoms with Crippen LogP contribution in [0.2, 0.25) is 5.82 Å². The maximum atomic E-state index is 2.55. The van der Waals surface area contributed by atoms with Crippen LogP contribution in [0, 0.1) is 22.7 Å². The monoisotopic (exact) mass is 208 g/mol. The van der Waals surface area contributed by atoms with Crippen LogP contribution in [-0.4, -0.2) is 20.7 Å². The summed E-state index contributed by atoms with van der Waals surface area (Å²) in [6.07, 6.45) is 7.78. The Morgan fingerprint density at radius 2 is 2.21 bits per heavy atom. The fraction of sp³-hybridized carbons (Fsp3) is 1.00. The van der Waals surface area contributed by atoms with Gasteiger partial charge in [0.2, 0.25) is 0 Å². The molecule has 6 atom stereocenters. The molecule has 0 spiro atoms. The Hall–Kier alpha value is 0.495. The molecule has 0 aromatic heterocycles. The Kier molecular flexibility index (Phi) is 1.93. The standard InChI is InChI=1S/C12H22BP/c1-11-5-8-9(13)6-12(7-11,10(8)11)3-4-14-2/h8-10,14H,3-7,13H2,1-2H3. The summed E-state index contributed by atoms with van der Waals surface area (Å²) in [6, 6.07) is 0. The molecule has 0 radical (unpaired) electrons. The first-order valence-electron chi connectivity index (χ1n) is 6.26. The van der Waals surface area contributed by atoms with Crippen LogP contribution in [0.3, 0.4) is 0 Å². The van der Waals surface area contributed by atoms with Crippen molar-refractivity contribution < 1.29 is 0 Å². The second-order valence-electron chi connectivity index (χ2n) is 6.57. The summed E-state index contributed by atoms with van der Waals surface area (Å²) in [6.45, 7) is 4.92. The summed E-state index contributed by atoms with van der Waals surface area (Å²) in [5.74, 6) is 3.34. The second kappa shape index (κ2) is 2.79. The predicted octanol–water partition coefficient (Wildman–Crippen LogP) is 2.54. The number of rotatable bonds is 3. The van der Waals surface area contributed by atoms with Gasteiger partial charge in [0.15, 0.2) is 0 Å². The summed E-state index contributed by atoms with van der Waals surface area (Å²) in [4.78, 5) is 0. The van der Waals surface area contributed by atoms with E-state index in [0.717, 1.165) is 28.5 Å². The smallest absolute Gasteiger partial charge is 0.105 e. The van der Waals surface area contributed by atoms with E-state index in [4.69, 9.17) is 0 Å². The Balaban J connectivity index is 1.77. The van der Waals surface area contributed by atoms with Crippen LogP contribution >= 0.6 is 8.58 Å². The SMILES string of the molecule is BC1CC2(CCPC)CC3(C)CC1C32. The van der Waals surface area contributed by atoms with Gasteiger partial charge in [0.05, 0.1) is 0 Å². The Morgan fingerprint density at radius 1 is 1.43 bits per heavy atom. The molecule has 78 valence electrons. The van der Waals surface area contributed by atoms with Gasteiger partial charge in [-0.3, -0.25) is 0 Å². The lowest BCUT2D eigenvalue weighted by molar-refractivity contribution is -0.197. The minimum atomic E-state index is 0.812. The van der Waals surface area contributed by atoms with Crippen LogP contribution in [-0.2, 0) is 0 Å². The van der Waals surface area contributed by atoms with Crippen molar-refractivity contribution in [2.45, 2.75) is 38.4 Å². The lowest BCUT2D eigenvalue weighted by Crippen LogP contribution is -2.62. The average Bonchev–Trinajstić information content (AvgIpc) is 2.20. The van der Waals surface area contributed by atoms with Crippen molar-refractivity contribution in [3.63, 3.8) is 0 Å². The largest absolute Gasteiger partial charge is 0.125 e. The van der Waals surface area contributed by atoms with Gasteiger partial charge < -0.3 is 0 Å². The fourth-order valence-electron chi connectivity index (χ4n) is 5.54. The molecule has 2 heteroatoms. The molecule has 0 amide bonds. The van der Waals surface area contributed by atoms with Gasteiger partial charge in [0.25, 0.3) is 0 Å². The summed E-state index contributed by atoms with van der Waals surface area (Å²) >= 11 is 0. The summed E-state index contributed by atoms with van der Waals surface area (Å²) in [5, 5.41) is 0. The molecule has 0 aromatic carbocycles. The van der Waals surface area contributed by atoms with Crippen LogP contribution in [0.5, 0.6) is 0 Å². The van der Waals surface area contributed by atoms with Crippen molar-refractivity contribution in [3.05, 3.63) is 0 Å². The van der Waals surface area contributed by atoms with Crippen molar-refractivity contribution in [2.75, 3.05) is 12.8 Å². The first-order valence-corrected chi connectivity index (χ1v) is 7.97. The van der Waals surface area contributed by atoms with E-state index in [1.807, 2.05) is 0 Å². The third-order valence-corrected chi connectivity index (χ3v) is 6.38. The Bertz CT molecular complexity index is 263. The number of hydrogen-bond acceptors (Lipinski definition) is 0. The maximum absolute atomic E-state index is 2.55. The fourth-order valence-corrected chi connectivity index (χ4v) is 6.29. The van der Waals surface area contributed by atoms with Gasteiger partial charge in [0, 0.05) is 0 Å². The van der Waals surface area contributed by atoms with Crippen molar-refractivity contribution in [1.82, 2.24) is 0 Å².